The van der Waals surface area contributed by atoms with E-state index in [2.05, 4.69) is 20.9 Å². The van der Waals surface area contributed by atoms with Crippen LogP contribution in [-0.2, 0) is 4.79 Å². The van der Waals surface area contributed by atoms with Crippen molar-refractivity contribution >= 4 is 23.3 Å². The molecule has 0 saturated carbocycles. The van der Waals surface area contributed by atoms with Gasteiger partial charge in [-0.1, -0.05) is 0 Å². The maximum Gasteiger partial charge on any atom is 0.490 e. The summed E-state index contributed by atoms with van der Waals surface area (Å²) in [5.41, 5.74) is 2.16. The van der Waals surface area contributed by atoms with Crippen LogP contribution in [0.25, 0.3) is 0 Å². The number of carboxylic acid groups (broad SMARTS) is 1. The zero-order chi connectivity index (χ0) is 15.9. The number of carboxylic acids is 1. The normalized spacial score (nSPS) is 13.4. The van der Waals surface area contributed by atoms with Crippen LogP contribution in [0.1, 0.15) is 0 Å². The quantitative estimate of drug-likeness (QED) is 0.668. The van der Waals surface area contributed by atoms with E-state index < -0.39 is 12.1 Å². The van der Waals surface area contributed by atoms with Gasteiger partial charge in [-0.2, -0.15) is 13.2 Å². The van der Waals surface area contributed by atoms with E-state index in [1.165, 1.54) is 0 Å². The molecule has 2 rings (SSSR count). The molecule has 116 valence electrons. The Balaban J connectivity index is 0.000000270. The molecular formula is C12H15F3N4O2. The maximum absolute atomic E-state index is 10.6. The highest BCUT2D eigenvalue weighted by atomic mass is 19.4. The molecule has 4 N–H and O–H groups in total. The van der Waals surface area contributed by atoms with Crippen LogP contribution in [0, 0.1) is 0 Å². The predicted molar refractivity (Wildman–Crippen MR) is 73.6 cm³/mol. The summed E-state index contributed by atoms with van der Waals surface area (Å²) in [6.07, 6.45) is -5.08. The Labute approximate surface area is 119 Å². The number of hydrogen-bond acceptors (Lipinski definition) is 5. The number of carbonyl (C=O) groups is 1. The molecule has 0 atom stereocenters. The fourth-order valence-electron chi connectivity index (χ4n) is 1.34. The first-order chi connectivity index (χ1) is 9.82. The summed E-state index contributed by atoms with van der Waals surface area (Å²) in [5, 5.41) is 16.6. The van der Waals surface area contributed by atoms with Crippen molar-refractivity contribution < 1.29 is 23.1 Å². The van der Waals surface area contributed by atoms with Gasteiger partial charge < -0.3 is 21.1 Å². The van der Waals surface area contributed by atoms with Crippen molar-refractivity contribution in [3.05, 3.63) is 24.3 Å². The van der Waals surface area contributed by atoms with Gasteiger partial charge in [-0.05, 0) is 24.3 Å². The second-order valence-corrected chi connectivity index (χ2v) is 3.91. The Morgan fingerprint density at radius 3 is 2.19 bits per heavy atom. The van der Waals surface area contributed by atoms with Gasteiger partial charge in [-0.3, -0.25) is 4.99 Å². The minimum atomic E-state index is -5.08. The van der Waals surface area contributed by atoms with E-state index in [0.29, 0.717) is 0 Å². The zero-order valence-corrected chi connectivity index (χ0v) is 11.2. The van der Waals surface area contributed by atoms with Gasteiger partial charge >= 0.3 is 12.1 Å². The van der Waals surface area contributed by atoms with Crippen LogP contribution in [0.2, 0.25) is 0 Å². The lowest BCUT2D eigenvalue weighted by atomic mass is 10.3. The third-order valence-electron chi connectivity index (χ3n) is 2.35. The topological polar surface area (TPSA) is 85.8 Å². The van der Waals surface area contributed by atoms with Crippen LogP contribution in [-0.4, -0.2) is 43.3 Å². The Morgan fingerprint density at radius 1 is 1.29 bits per heavy atom. The van der Waals surface area contributed by atoms with Gasteiger partial charge in [0, 0.05) is 25.0 Å². The summed E-state index contributed by atoms with van der Waals surface area (Å²) in [5.74, 6) is -1.89. The van der Waals surface area contributed by atoms with Crippen molar-refractivity contribution in [3.8, 4) is 0 Å². The van der Waals surface area contributed by atoms with Crippen molar-refractivity contribution in [2.45, 2.75) is 6.18 Å². The molecule has 0 radical (unpaired) electrons. The van der Waals surface area contributed by atoms with Crippen LogP contribution >= 0.6 is 0 Å². The molecule has 9 heteroatoms. The second-order valence-electron chi connectivity index (χ2n) is 3.91. The Kier molecular flexibility index (Phi) is 5.82. The number of anilines is 2. The predicted octanol–water partition coefficient (Wildman–Crippen LogP) is 1.73. The van der Waals surface area contributed by atoms with Crippen LogP contribution in [0.4, 0.5) is 24.5 Å². The van der Waals surface area contributed by atoms with Crippen LogP contribution in [0.5, 0.6) is 0 Å². The number of aliphatic imine (C=N–C) groups is 1. The molecule has 1 aliphatic rings. The van der Waals surface area contributed by atoms with E-state index in [1.807, 2.05) is 31.3 Å². The first-order valence-electron chi connectivity index (χ1n) is 5.96. The number of guanidine groups is 1. The van der Waals surface area contributed by atoms with Crippen LogP contribution in [0.3, 0.4) is 0 Å². The monoisotopic (exact) mass is 304 g/mol. The van der Waals surface area contributed by atoms with Crippen LogP contribution < -0.4 is 16.0 Å². The molecule has 0 fully saturated rings. The van der Waals surface area contributed by atoms with Gasteiger partial charge in [0.25, 0.3) is 0 Å². The summed E-state index contributed by atoms with van der Waals surface area (Å²) < 4.78 is 31.7. The van der Waals surface area contributed by atoms with Crippen molar-refractivity contribution in [2.24, 2.45) is 4.99 Å². The van der Waals surface area contributed by atoms with E-state index in [4.69, 9.17) is 9.90 Å². The Hall–Kier alpha value is -2.45. The molecule has 1 heterocycles. The minimum Gasteiger partial charge on any atom is -0.475 e. The smallest absolute Gasteiger partial charge is 0.475 e. The van der Waals surface area contributed by atoms with Crippen LogP contribution in [0.15, 0.2) is 29.3 Å². The fourth-order valence-corrected chi connectivity index (χ4v) is 1.34. The molecule has 0 amide bonds. The van der Waals surface area contributed by atoms with E-state index in [1.54, 1.807) is 0 Å². The van der Waals surface area contributed by atoms with E-state index >= 15 is 0 Å². The summed E-state index contributed by atoms with van der Waals surface area (Å²) in [4.78, 5) is 13.1. The van der Waals surface area contributed by atoms with Crippen molar-refractivity contribution in [1.29, 1.82) is 0 Å². The summed E-state index contributed by atoms with van der Waals surface area (Å²) in [6.45, 7) is 1.79. The number of hydrogen-bond donors (Lipinski definition) is 4. The molecule has 0 aromatic heterocycles. The van der Waals surface area contributed by atoms with Gasteiger partial charge in [-0.15, -0.1) is 0 Å². The molecule has 0 saturated heterocycles. The van der Waals surface area contributed by atoms with Crippen molar-refractivity contribution in [1.82, 2.24) is 5.32 Å². The average Bonchev–Trinajstić information content (AvgIpc) is 2.92. The molecule has 1 aromatic rings. The first-order valence-corrected chi connectivity index (χ1v) is 5.96. The Bertz CT molecular complexity index is 500. The molecule has 0 spiro atoms. The average molecular weight is 304 g/mol. The van der Waals surface area contributed by atoms with Gasteiger partial charge in [0.15, 0.2) is 5.96 Å². The number of alkyl halides is 3. The molecule has 0 aliphatic carbocycles. The second kappa shape index (κ2) is 7.36. The third-order valence-corrected chi connectivity index (χ3v) is 2.35. The number of nitrogens with one attached hydrogen (secondary N) is 3. The standard InChI is InChI=1S/C10H14N4.C2HF3O2/c1-11-8-2-4-9(5-3-8)14-10-12-6-7-13-10;3-2(4,5)1(6)7/h2-5,11H,6-7H2,1H3,(H2,12,13,14);(H,6,7). The molecule has 1 aromatic carbocycles. The highest BCUT2D eigenvalue weighted by Crippen LogP contribution is 2.13. The largest absolute Gasteiger partial charge is 0.490 e. The van der Waals surface area contributed by atoms with E-state index in [0.717, 1.165) is 30.4 Å². The molecule has 0 bridgehead atoms. The molecule has 1 aliphatic heterocycles. The number of nitrogens with zero attached hydrogens (tertiary/aromatic N) is 1. The summed E-state index contributed by atoms with van der Waals surface area (Å²) >= 11 is 0. The highest BCUT2D eigenvalue weighted by Gasteiger charge is 2.38. The number of benzene rings is 1. The van der Waals surface area contributed by atoms with Crippen molar-refractivity contribution in [3.63, 3.8) is 0 Å². The number of aliphatic carboxylic acids is 1. The number of rotatable bonds is 2. The van der Waals surface area contributed by atoms with Crippen molar-refractivity contribution in [2.75, 3.05) is 30.8 Å². The highest BCUT2D eigenvalue weighted by molar-refractivity contribution is 5.94. The molecule has 21 heavy (non-hydrogen) atoms. The lowest BCUT2D eigenvalue weighted by Gasteiger charge is -2.07. The van der Waals surface area contributed by atoms with Gasteiger partial charge in [0.2, 0.25) is 0 Å². The van der Waals surface area contributed by atoms with Gasteiger partial charge in [0.1, 0.15) is 0 Å². The molecule has 6 nitrogen and oxygen atoms in total. The van der Waals surface area contributed by atoms with Gasteiger partial charge in [-0.25, -0.2) is 4.79 Å². The zero-order valence-electron chi connectivity index (χ0n) is 11.2. The first kappa shape index (κ1) is 16.6. The van der Waals surface area contributed by atoms with E-state index in [9.17, 15) is 13.2 Å². The summed E-state index contributed by atoms with van der Waals surface area (Å²) in [6, 6.07) is 8.10. The lowest BCUT2D eigenvalue weighted by molar-refractivity contribution is -0.192. The summed E-state index contributed by atoms with van der Waals surface area (Å²) in [7, 11) is 1.91. The molecule has 0 unspecified atom stereocenters. The van der Waals surface area contributed by atoms with E-state index in [-0.39, 0.29) is 0 Å². The number of halogens is 3. The maximum atomic E-state index is 10.6. The van der Waals surface area contributed by atoms with Gasteiger partial charge in [0.05, 0.1) is 6.54 Å². The minimum absolute atomic E-state index is 0.858. The molecular weight excluding hydrogens is 289 g/mol. The SMILES string of the molecule is CNc1ccc(NC2=NCCN2)cc1.O=C(O)C(F)(F)F. The lowest BCUT2D eigenvalue weighted by Crippen LogP contribution is -2.26. The fraction of sp³-hybridized carbons (Fsp3) is 0.333. The third kappa shape index (κ3) is 6.02. The Morgan fingerprint density at radius 2 is 1.81 bits per heavy atom.